The summed E-state index contributed by atoms with van der Waals surface area (Å²) < 4.78 is 39.9. The van der Waals surface area contributed by atoms with E-state index >= 15 is 4.39 Å². The van der Waals surface area contributed by atoms with E-state index in [4.69, 9.17) is 21.1 Å². The lowest BCUT2D eigenvalue weighted by atomic mass is 9.92. The SMILES string of the molecule is C=CC(=O)N1CCN(c2nc(OC)nc3c(F)c(-c4cc(O)cc(Cl)c4C4CC4)ncc23)CC12CCOC2.FC1CC2CCCN2C1. The molecule has 8 rings (SSSR count). The number of fused-ring (bicyclic) bond motifs is 2. The predicted molar refractivity (Wildman–Crippen MR) is 174 cm³/mol. The molecule has 13 heteroatoms. The van der Waals surface area contributed by atoms with Crippen LogP contribution in [0.15, 0.2) is 31.0 Å². The van der Waals surface area contributed by atoms with Gasteiger partial charge in [0, 0.05) is 55.6 Å². The number of anilines is 1. The molecule has 1 spiro atoms. The molecule has 1 aliphatic carbocycles. The molecule has 47 heavy (non-hydrogen) atoms. The summed E-state index contributed by atoms with van der Waals surface area (Å²) in [5.74, 6) is -0.183. The third-order valence-electron chi connectivity index (χ3n) is 10.1. The highest BCUT2D eigenvalue weighted by atomic mass is 35.5. The van der Waals surface area contributed by atoms with Gasteiger partial charge in [0.05, 0.1) is 24.6 Å². The van der Waals surface area contributed by atoms with Crippen LogP contribution >= 0.6 is 11.6 Å². The number of halogens is 3. The van der Waals surface area contributed by atoms with E-state index in [9.17, 15) is 14.3 Å². The molecule has 5 aliphatic rings. The zero-order chi connectivity index (χ0) is 32.9. The Labute approximate surface area is 277 Å². The van der Waals surface area contributed by atoms with Gasteiger partial charge in [0.15, 0.2) is 5.82 Å². The van der Waals surface area contributed by atoms with Crippen molar-refractivity contribution in [3.8, 4) is 23.0 Å². The number of nitrogens with zero attached hydrogens (tertiary/aromatic N) is 6. The number of amides is 1. The number of phenols is 1. The molecule has 10 nitrogen and oxygen atoms in total. The van der Waals surface area contributed by atoms with Gasteiger partial charge in [-0.15, -0.1) is 0 Å². The van der Waals surface area contributed by atoms with E-state index in [1.54, 1.807) is 6.20 Å². The molecule has 3 unspecified atom stereocenters. The Bertz CT molecular complexity index is 1690. The van der Waals surface area contributed by atoms with E-state index < -0.39 is 17.5 Å². The number of methoxy groups -OCH3 is 1. The highest BCUT2D eigenvalue weighted by Gasteiger charge is 2.47. The van der Waals surface area contributed by atoms with Gasteiger partial charge in [0.1, 0.15) is 28.9 Å². The molecule has 4 aliphatic heterocycles. The number of hydrogen-bond donors (Lipinski definition) is 1. The average molecular weight is 669 g/mol. The van der Waals surface area contributed by atoms with E-state index in [0.717, 1.165) is 31.4 Å². The molecule has 250 valence electrons. The number of carbonyl (C=O) groups excluding carboxylic acids is 1. The first-order valence-electron chi connectivity index (χ1n) is 16.3. The van der Waals surface area contributed by atoms with Crippen molar-refractivity contribution < 1.29 is 28.2 Å². The number of piperazine rings is 1. The van der Waals surface area contributed by atoms with Gasteiger partial charge in [-0.3, -0.25) is 14.7 Å². The second-order valence-corrected chi connectivity index (χ2v) is 13.6. The summed E-state index contributed by atoms with van der Waals surface area (Å²) in [7, 11) is 1.43. The molecule has 3 atom stereocenters. The first kappa shape index (κ1) is 32.0. The summed E-state index contributed by atoms with van der Waals surface area (Å²) in [4.78, 5) is 32.1. The maximum absolute atomic E-state index is 16.2. The van der Waals surface area contributed by atoms with Crippen LogP contribution in [0.25, 0.3) is 22.2 Å². The minimum absolute atomic E-state index is 0.0150. The zero-order valence-electron chi connectivity index (χ0n) is 26.4. The van der Waals surface area contributed by atoms with Gasteiger partial charge in [0.2, 0.25) is 5.91 Å². The van der Waals surface area contributed by atoms with E-state index in [-0.39, 0.29) is 34.8 Å². The van der Waals surface area contributed by atoms with E-state index in [0.29, 0.717) is 73.6 Å². The molecule has 1 aromatic carbocycles. The molecular formula is C34H39ClF2N6O4. The Balaban J connectivity index is 0.000000334. The lowest BCUT2D eigenvalue weighted by molar-refractivity contribution is -0.133. The summed E-state index contributed by atoms with van der Waals surface area (Å²) in [5.41, 5.74) is 0.805. The minimum Gasteiger partial charge on any atom is -0.508 e. The highest BCUT2D eigenvalue weighted by molar-refractivity contribution is 6.32. The van der Waals surface area contributed by atoms with Crippen LogP contribution in [-0.2, 0) is 9.53 Å². The van der Waals surface area contributed by atoms with E-state index in [1.165, 1.54) is 38.2 Å². The standard InChI is InChI=1S/C27H27ClFN5O4.C7H12FN/c1-3-20(36)34-8-7-33(13-27(34)6-9-38-14-27)25-18-12-30-23(22(29)24(18)31-26(32-25)37-2)17-10-16(35)11-19(28)21(17)15-4-5-15;8-6-4-7-2-1-3-9(7)5-6/h3,10-12,15,35H,1,4-9,13-14H2,2H3;6-7H,1-5H2. The summed E-state index contributed by atoms with van der Waals surface area (Å²) in [6.07, 6.45) is 8.24. The largest absolute Gasteiger partial charge is 0.508 e. The molecule has 1 saturated carbocycles. The van der Waals surface area contributed by atoms with Crippen LogP contribution in [0, 0.1) is 5.82 Å². The van der Waals surface area contributed by atoms with Gasteiger partial charge in [-0.05, 0) is 74.8 Å². The van der Waals surface area contributed by atoms with Gasteiger partial charge in [-0.2, -0.15) is 9.97 Å². The van der Waals surface area contributed by atoms with Crippen molar-refractivity contribution in [2.24, 2.45) is 0 Å². The fourth-order valence-electron chi connectivity index (χ4n) is 7.70. The van der Waals surface area contributed by atoms with Crippen molar-refractivity contribution in [2.75, 3.05) is 57.9 Å². The smallest absolute Gasteiger partial charge is 0.318 e. The molecular weight excluding hydrogens is 630 g/mol. The lowest BCUT2D eigenvalue weighted by Gasteiger charge is -2.48. The Morgan fingerprint density at radius 2 is 2.06 bits per heavy atom. The number of pyridine rings is 1. The van der Waals surface area contributed by atoms with Gasteiger partial charge in [0.25, 0.3) is 0 Å². The average Bonchev–Trinajstić information content (AvgIpc) is 3.44. The molecule has 0 bridgehead atoms. The second kappa shape index (κ2) is 12.8. The van der Waals surface area contributed by atoms with Crippen molar-refractivity contribution in [2.45, 2.75) is 62.2 Å². The molecule has 1 N–H and O–H groups in total. The third kappa shape index (κ3) is 6.00. The van der Waals surface area contributed by atoms with Crippen molar-refractivity contribution in [1.82, 2.24) is 24.8 Å². The summed E-state index contributed by atoms with van der Waals surface area (Å²) >= 11 is 6.46. The van der Waals surface area contributed by atoms with Gasteiger partial charge >= 0.3 is 6.01 Å². The third-order valence-corrected chi connectivity index (χ3v) is 10.4. The number of ether oxygens (including phenoxy) is 2. The molecule has 5 fully saturated rings. The summed E-state index contributed by atoms with van der Waals surface area (Å²) in [5, 5.41) is 11.0. The first-order chi connectivity index (χ1) is 22.7. The normalized spacial score (nSPS) is 25.6. The number of phenolic OH excluding ortho intramolecular Hbond substituents is 1. The summed E-state index contributed by atoms with van der Waals surface area (Å²) in [6, 6.07) is 3.59. The Morgan fingerprint density at radius 3 is 2.77 bits per heavy atom. The Kier molecular flexibility index (Phi) is 8.69. The molecule has 4 saturated heterocycles. The van der Waals surface area contributed by atoms with E-state index in [2.05, 4.69) is 26.4 Å². The Morgan fingerprint density at radius 1 is 1.23 bits per heavy atom. The van der Waals surface area contributed by atoms with Crippen LogP contribution in [0.3, 0.4) is 0 Å². The maximum Gasteiger partial charge on any atom is 0.318 e. The van der Waals surface area contributed by atoms with Gasteiger partial charge in [-0.25, -0.2) is 8.78 Å². The number of aromatic nitrogens is 3. The van der Waals surface area contributed by atoms with Crippen molar-refractivity contribution in [3.63, 3.8) is 0 Å². The highest BCUT2D eigenvalue weighted by Crippen LogP contribution is 2.49. The molecule has 2 aromatic heterocycles. The van der Waals surface area contributed by atoms with Crippen LogP contribution in [0.2, 0.25) is 5.02 Å². The van der Waals surface area contributed by atoms with Crippen LogP contribution in [0.5, 0.6) is 11.8 Å². The van der Waals surface area contributed by atoms with Crippen molar-refractivity contribution in [3.05, 3.63) is 47.4 Å². The number of rotatable bonds is 5. The Hall–Kier alpha value is -3.61. The summed E-state index contributed by atoms with van der Waals surface area (Å²) in [6.45, 7) is 7.78. The second-order valence-electron chi connectivity index (χ2n) is 13.1. The van der Waals surface area contributed by atoms with Crippen LogP contribution in [0.1, 0.15) is 50.0 Å². The molecule has 3 aromatic rings. The fraction of sp³-hybridized carbons (Fsp3) is 0.529. The zero-order valence-corrected chi connectivity index (χ0v) is 27.2. The number of benzene rings is 1. The fourth-order valence-corrected chi connectivity index (χ4v) is 8.07. The topological polar surface area (TPSA) is 104 Å². The molecule has 0 radical (unpaired) electrons. The molecule has 1 amide bonds. The van der Waals surface area contributed by atoms with Gasteiger partial charge in [-0.1, -0.05) is 18.2 Å². The van der Waals surface area contributed by atoms with Crippen LogP contribution in [-0.4, -0.2) is 107 Å². The minimum atomic E-state index is -0.646. The predicted octanol–water partition coefficient (Wildman–Crippen LogP) is 5.26. The van der Waals surface area contributed by atoms with Crippen molar-refractivity contribution in [1.29, 1.82) is 0 Å². The first-order valence-corrected chi connectivity index (χ1v) is 16.7. The quantitative estimate of drug-likeness (QED) is 0.365. The molecule has 6 heterocycles. The number of hydrogen-bond acceptors (Lipinski definition) is 9. The van der Waals surface area contributed by atoms with E-state index in [1.807, 2.05) is 9.80 Å². The van der Waals surface area contributed by atoms with Crippen LogP contribution < -0.4 is 9.64 Å². The van der Waals surface area contributed by atoms with Gasteiger partial charge < -0.3 is 24.4 Å². The van der Waals surface area contributed by atoms with Crippen molar-refractivity contribution >= 4 is 34.2 Å². The maximum atomic E-state index is 16.2. The van der Waals surface area contributed by atoms with Crippen LogP contribution in [0.4, 0.5) is 14.6 Å². The number of alkyl halides is 1. The number of aromatic hydroxyl groups is 1. The number of carbonyl (C=O) groups is 1. The monoisotopic (exact) mass is 668 g/mol. The lowest BCUT2D eigenvalue weighted by Crippen LogP contribution is -2.64.